The average molecular weight is 291 g/mol. The van der Waals surface area contributed by atoms with Crippen LogP contribution in [0.4, 0.5) is 0 Å². The van der Waals surface area contributed by atoms with Crippen molar-refractivity contribution in [3.63, 3.8) is 0 Å². The van der Waals surface area contributed by atoms with E-state index in [4.69, 9.17) is 27.9 Å². The molecule has 1 atom stereocenters. The van der Waals surface area contributed by atoms with Crippen LogP contribution < -0.4 is 0 Å². The first-order valence-electron chi connectivity index (χ1n) is 5.98. The molecule has 0 N–H and O–H groups in total. The Bertz CT molecular complexity index is 627. The molecule has 1 unspecified atom stereocenters. The van der Waals surface area contributed by atoms with Crippen LogP contribution in [0.25, 0.3) is 5.57 Å². The van der Waals surface area contributed by atoms with Gasteiger partial charge in [0.05, 0.1) is 6.61 Å². The van der Waals surface area contributed by atoms with Gasteiger partial charge in [0.15, 0.2) is 0 Å². The first-order valence-corrected chi connectivity index (χ1v) is 6.73. The van der Waals surface area contributed by atoms with Crippen molar-refractivity contribution in [3.8, 4) is 0 Å². The van der Waals surface area contributed by atoms with Crippen molar-refractivity contribution in [2.75, 3.05) is 6.61 Å². The van der Waals surface area contributed by atoms with E-state index in [1.165, 1.54) is 0 Å². The molecule has 0 bridgehead atoms. The van der Waals surface area contributed by atoms with Crippen LogP contribution in [0.15, 0.2) is 55.1 Å². The Hall–Kier alpha value is -1.28. The van der Waals surface area contributed by atoms with E-state index in [-0.39, 0.29) is 0 Å². The fourth-order valence-electron chi connectivity index (χ4n) is 2.23. The molecule has 1 saturated heterocycles. The van der Waals surface area contributed by atoms with Gasteiger partial charge in [-0.1, -0.05) is 60.1 Å². The van der Waals surface area contributed by atoms with Gasteiger partial charge in [-0.15, -0.1) is 0 Å². The number of epoxide rings is 1. The van der Waals surface area contributed by atoms with Crippen LogP contribution in [0.5, 0.6) is 0 Å². The molecule has 1 heterocycles. The number of halogens is 2. The standard InChI is InChI=1S/C16H12Cl2O/c1-11(14-4-2-3-5-15(14)18)16(10-19-16)12-6-8-13(17)9-7-12/h2-9H,1,10H2. The van der Waals surface area contributed by atoms with Crippen LogP contribution in [0.2, 0.25) is 10.0 Å². The zero-order valence-electron chi connectivity index (χ0n) is 10.2. The zero-order chi connectivity index (χ0) is 13.5. The molecular formula is C16H12Cl2O. The second kappa shape index (κ2) is 4.68. The largest absolute Gasteiger partial charge is 0.359 e. The lowest BCUT2D eigenvalue weighted by Crippen LogP contribution is -2.11. The van der Waals surface area contributed by atoms with E-state index in [1.54, 1.807) is 0 Å². The third-order valence-corrected chi connectivity index (χ3v) is 4.01. The summed E-state index contributed by atoms with van der Waals surface area (Å²) < 4.78 is 5.69. The molecule has 0 saturated carbocycles. The quantitative estimate of drug-likeness (QED) is 0.730. The second-order valence-corrected chi connectivity index (χ2v) is 5.42. The Kier molecular flexibility index (Phi) is 3.14. The summed E-state index contributed by atoms with van der Waals surface area (Å²) in [5.41, 5.74) is 2.43. The van der Waals surface area contributed by atoms with Gasteiger partial charge in [0.2, 0.25) is 0 Å². The van der Waals surface area contributed by atoms with Crippen molar-refractivity contribution in [1.82, 2.24) is 0 Å². The van der Waals surface area contributed by atoms with Gasteiger partial charge in [-0.3, -0.25) is 0 Å². The smallest absolute Gasteiger partial charge is 0.142 e. The average Bonchev–Trinajstić information content (AvgIpc) is 3.21. The van der Waals surface area contributed by atoms with Crippen molar-refractivity contribution in [3.05, 3.63) is 76.3 Å². The van der Waals surface area contributed by atoms with Gasteiger partial charge in [0.1, 0.15) is 5.60 Å². The van der Waals surface area contributed by atoms with Crippen molar-refractivity contribution < 1.29 is 4.74 Å². The molecule has 2 aromatic rings. The maximum atomic E-state index is 6.23. The minimum absolute atomic E-state index is 0.449. The normalized spacial score (nSPS) is 21.2. The van der Waals surface area contributed by atoms with E-state index in [0.29, 0.717) is 16.7 Å². The van der Waals surface area contributed by atoms with Gasteiger partial charge in [-0.25, -0.2) is 0 Å². The van der Waals surface area contributed by atoms with Crippen LogP contribution in [0, 0.1) is 0 Å². The summed E-state index contributed by atoms with van der Waals surface area (Å²) in [6.07, 6.45) is 0. The van der Waals surface area contributed by atoms with Crippen LogP contribution in [0.1, 0.15) is 11.1 Å². The molecule has 0 aliphatic carbocycles. The number of hydrogen-bond donors (Lipinski definition) is 0. The molecule has 1 nitrogen and oxygen atoms in total. The van der Waals surface area contributed by atoms with Crippen molar-refractivity contribution in [2.45, 2.75) is 5.60 Å². The summed E-state index contributed by atoms with van der Waals surface area (Å²) in [5.74, 6) is 0. The van der Waals surface area contributed by atoms with Crippen LogP contribution in [-0.2, 0) is 10.3 Å². The SMILES string of the molecule is C=C(c1ccccc1Cl)C1(c2ccc(Cl)cc2)CO1. The van der Waals surface area contributed by atoms with E-state index in [0.717, 1.165) is 16.7 Å². The summed E-state index contributed by atoms with van der Waals surface area (Å²) in [6.45, 7) is 4.80. The lowest BCUT2D eigenvalue weighted by molar-refractivity contribution is 0.365. The van der Waals surface area contributed by atoms with Crippen molar-refractivity contribution >= 4 is 28.8 Å². The molecule has 19 heavy (non-hydrogen) atoms. The molecule has 1 aliphatic heterocycles. The molecule has 0 amide bonds. The molecule has 2 aromatic carbocycles. The summed E-state index contributed by atoms with van der Waals surface area (Å²) in [6, 6.07) is 15.3. The Balaban J connectivity index is 2.00. The summed E-state index contributed by atoms with van der Waals surface area (Å²) in [4.78, 5) is 0. The van der Waals surface area contributed by atoms with Gasteiger partial charge in [0.25, 0.3) is 0 Å². The highest BCUT2D eigenvalue weighted by molar-refractivity contribution is 6.32. The second-order valence-electron chi connectivity index (χ2n) is 4.58. The van der Waals surface area contributed by atoms with Gasteiger partial charge < -0.3 is 4.74 Å². The highest BCUT2D eigenvalue weighted by Crippen LogP contribution is 2.50. The lowest BCUT2D eigenvalue weighted by atomic mass is 9.88. The topological polar surface area (TPSA) is 12.5 Å². The Morgan fingerprint density at radius 1 is 1.05 bits per heavy atom. The predicted octanol–water partition coefficient (Wildman–Crippen LogP) is 4.93. The van der Waals surface area contributed by atoms with E-state index in [1.807, 2.05) is 48.5 Å². The fourth-order valence-corrected chi connectivity index (χ4v) is 2.61. The van der Waals surface area contributed by atoms with Gasteiger partial charge in [0, 0.05) is 10.0 Å². The van der Waals surface area contributed by atoms with E-state index in [9.17, 15) is 0 Å². The highest BCUT2D eigenvalue weighted by Gasteiger charge is 2.49. The van der Waals surface area contributed by atoms with Crippen LogP contribution >= 0.6 is 23.2 Å². The Labute approximate surface area is 122 Å². The first-order chi connectivity index (χ1) is 9.13. The highest BCUT2D eigenvalue weighted by atomic mass is 35.5. The van der Waals surface area contributed by atoms with Gasteiger partial charge >= 0.3 is 0 Å². The Morgan fingerprint density at radius 2 is 1.68 bits per heavy atom. The van der Waals surface area contributed by atoms with E-state index >= 15 is 0 Å². The first kappa shape index (κ1) is 12.7. The van der Waals surface area contributed by atoms with Gasteiger partial charge in [-0.05, 0) is 34.9 Å². The molecule has 3 heteroatoms. The maximum absolute atomic E-state index is 6.23. The number of rotatable bonds is 3. The lowest BCUT2D eigenvalue weighted by Gasteiger charge is -2.17. The molecule has 3 rings (SSSR count). The summed E-state index contributed by atoms with van der Waals surface area (Å²) in [7, 11) is 0. The predicted molar refractivity (Wildman–Crippen MR) is 79.6 cm³/mol. The van der Waals surface area contributed by atoms with Crippen molar-refractivity contribution in [1.29, 1.82) is 0 Å². The molecular weight excluding hydrogens is 279 g/mol. The summed E-state index contributed by atoms with van der Waals surface area (Å²) >= 11 is 12.1. The van der Waals surface area contributed by atoms with E-state index < -0.39 is 5.60 Å². The third-order valence-electron chi connectivity index (χ3n) is 3.43. The monoisotopic (exact) mass is 290 g/mol. The zero-order valence-corrected chi connectivity index (χ0v) is 11.7. The van der Waals surface area contributed by atoms with E-state index in [2.05, 4.69) is 6.58 Å². The van der Waals surface area contributed by atoms with Gasteiger partial charge in [-0.2, -0.15) is 0 Å². The minimum Gasteiger partial charge on any atom is -0.359 e. The molecule has 0 aromatic heterocycles. The molecule has 0 spiro atoms. The van der Waals surface area contributed by atoms with Crippen LogP contribution in [-0.4, -0.2) is 6.61 Å². The van der Waals surface area contributed by atoms with Crippen molar-refractivity contribution in [2.24, 2.45) is 0 Å². The van der Waals surface area contributed by atoms with Crippen LogP contribution in [0.3, 0.4) is 0 Å². The molecule has 0 radical (unpaired) electrons. The number of ether oxygens (including phenoxy) is 1. The number of benzene rings is 2. The fraction of sp³-hybridized carbons (Fsp3) is 0.125. The summed E-state index contributed by atoms with van der Waals surface area (Å²) in [5, 5.41) is 1.40. The molecule has 1 fully saturated rings. The maximum Gasteiger partial charge on any atom is 0.142 e. The third kappa shape index (κ3) is 2.18. The minimum atomic E-state index is -0.449. The molecule has 1 aliphatic rings. The Morgan fingerprint density at radius 3 is 2.26 bits per heavy atom. The number of hydrogen-bond acceptors (Lipinski definition) is 1. The molecule has 96 valence electrons.